The van der Waals surface area contributed by atoms with Gasteiger partial charge < -0.3 is 10.3 Å². The van der Waals surface area contributed by atoms with Crippen molar-refractivity contribution in [2.24, 2.45) is 0 Å². The van der Waals surface area contributed by atoms with Crippen LogP contribution in [0.25, 0.3) is 28.0 Å². The van der Waals surface area contributed by atoms with Crippen molar-refractivity contribution < 1.29 is 0 Å². The number of rotatable bonds is 1. The van der Waals surface area contributed by atoms with Crippen LogP contribution in [-0.4, -0.2) is 4.57 Å². The molecule has 0 unspecified atom stereocenters. The molecule has 0 bridgehead atoms. The number of hydrogen-bond donors (Lipinski definition) is 1. The minimum absolute atomic E-state index is 0.786. The van der Waals surface area contributed by atoms with Crippen molar-refractivity contribution in [3.8, 4) is 0 Å². The molecule has 3 aromatic rings. The highest BCUT2D eigenvalue weighted by molar-refractivity contribution is 6.12. The Morgan fingerprint density at radius 3 is 2.56 bits per heavy atom. The molecule has 0 amide bonds. The molecule has 1 heterocycles. The molecular formula is C14H12N2. The summed E-state index contributed by atoms with van der Waals surface area (Å²) >= 11 is 0. The van der Waals surface area contributed by atoms with E-state index in [1.807, 2.05) is 28.8 Å². The Balaban J connectivity index is 2.70. The third-order valence-electron chi connectivity index (χ3n) is 2.94. The first-order valence-electron chi connectivity index (χ1n) is 5.22. The monoisotopic (exact) mass is 208 g/mol. The molecule has 0 aliphatic rings. The number of anilines is 1. The number of nitrogens with two attached hydrogens (primary N) is 1. The van der Waals surface area contributed by atoms with Crippen molar-refractivity contribution in [2.75, 3.05) is 5.73 Å². The van der Waals surface area contributed by atoms with Crippen molar-refractivity contribution >= 4 is 33.7 Å². The maximum atomic E-state index is 6.03. The molecule has 0 saturated carbocycles. The lowest BCUT2D eigenvalue weighted by molar-refractivity contribution is 1.30. The fraction of sp³-hybridized carbons (Fsp3) is 0. The molecule has 2 N–H and O–H groups in total. The quantitative estimate of drug-likeness (QED) is 0.610. The molecule has 2 aromatic carbocycles. The van der Waals surface area contributed by atoms with Crippen molar-refractivity contribution in [1.82, 2.24) is 4.57 Å². The van der Waals surface area contributed by atoms with Gasteiger partial charge in [-0.3, -0.25) is 0 Å². The van der Waals surface area contributed by atoms with Gasteiger partial charge in [0.1, 0.15) is 0 Å². The van der Waals surface area contributed by atoms with Gasteiger partial charge in [-0.2, -0.15) is 0 Å². The topological polar surface area (TPSA) is 30.9 Å². The van der Waals surface area contributed by atoms with Gasteiger partial charge in [0.05, 0.1) is 16.7 Å². The van der Waals surface area contributed by atoms with Crippen molar-refractivity contribution in [3.63, 3.8) is 0 Å². The Morgan fingerprint density at radius 1 is 1.00 bits per heavy atom. The number of nitrogen functional groups attached to an aromatic ring is 1. The lowest BCUT2D eigenvalue weighted by atomic mass is 10.1. The van der Waals surface area contributed by atoms with Gasteiger partial charge in [0.15, 0.2) is 0 Å². The molecule has 78 valence electrons. The van der Waals surface area contributed by atoms with Crippen LogP contribution in [-0.2, 0) is 0 Å². The normalized spacial score (nSPS) is 11.0. The molecule has 16 heavy (non-hydrogen) atoms. The highest BCUT2D eigenvalue weighted by Crippen LogP contribution is 2.32. The molecule has 0 fully saturated rings. The first-order chi connectivity index (χ1) is 7.83. The van der Waals surface area contributed by atoms with E-state index in [-0.39, 0.29) is 0 Å². The van der Waals surface area contributed by atoms with Gasteiger partial charge in [-0.05, 0) is 12.1 Å². The second-order valence-electron chi connectivity index (χ2n) is 3.81. The summed E-state index contributed by atoms with van der Waals surface area (Å²) in [6.45, 7) is 3.85. The van der Waals surface area contributed by atoms with Crippen molar-refractivity contribution in [2.45, 2.75) is 0 Å². The summed E-state index contributed by atoms with van der Waals surface area (Å²) in [5.74, 6) is 0. The average Bonchev–Trinajstić information content (AvgIpc) is 2.65. The predicted octanol–water partition coefficient (Wildman–Crippen LogP) is 3.48. The van der Waals surface area contributed by atoms with Crippen LogP contribution in [0, 0.1) is 0 Å². The van der Waals surface area contributed by atoms with Gasteiger partial charge in [-0.1, -0.05) is 36.9 Å². The zero-order valence-corrected chi connectivity index (χ0v) is 8.85. The number of hydrogen-bond acceptors (Lipinski definition) is 1. The van der Waals surface area contributed by atoms with E-state index in [2.05, 4.69) is 24.8 Å². The summed E-state index contributed by atoms with van der Waals surface area (Å²) in [5.41, 5.74) is 9.00. The van der Waals surface area contributed by atoms with Crippen LogP contribution in [0.1, 0.15) is 0 Å². The number of benzene rings is 2. The first kappa shape index (κ1) is 9.04. The molecule has 0 aliphatic carbocycles. The summed E-state index contributed by atoms with van der Waals surface area (Å²) < 4.78 is 2.04. The predicted molar refractivity (Wildman–Crippen MR) is 70.2 cm³/mol. The van der Waals surface area contributed by atoms with Crippen LogP contribution >= 0.6 is 0 Å². The fourth-order valence-electron chi connectivity index (χ4n) is 2.27. The Morgan fingerprint density at radius 2 is 1.75 bits per heavy atom. The first-order valence-corrected chi connectivity index (χ1v) is 5.22. The minimum Gasteiger partial charge on any atom is -0.397 e. The number of nitrogens with zero attached hydrogens (tertiary/aromatic N) is 1. The van der Waals surface area contributed by atoms with Crippen LogP contribution in [0.2, 0.25) is 0 Å². The summed E-state index contributed by atoms with van der Waals surface area (Å²) in [5, 5.41) is 2.39. The summed E-state index contributed by atoms with van der Waals surface area (Å²) in [6.07, 6.45) is 1.81. The summed E-state index contributed by atoms with van der Waals surface area (Å²) in [4.78, 5) is 0. The van der Waals surface area contributed by atoms with Gasteiger partial charge >= 0.3 is 0 Å². The van der Waals surface area contributed by atoms with Gasteiger partial charge in [0, 0.05) is 17.0 Å². The van der Waals surface area contributed by atoms with E-state index in [0.29, 0.717) is 0 Å². The highest BCUT2D eigenvalue weighted by atomic mass is 15.0. The van der Waals surface area contributed by atoms with E-state index in [4.69, 9.17) is 5.73 Å². The number of fused-ring (bicyclic) bond motifs is 3. The van der Waals surface area contributed by atoms with Gasteiger partial charge in [-0.15, -0.1) is 0 Å². The molecule has 2 heteroatoms. The van der Waals surface area contributed by atoms with Crippen molar-refractivity contribution in [1.29, 1.82) is 0 Å². The van der Waals surface area contributed by atoms with Crippen LogP contribution in [0.4, 0.5) is 5.69 Å². The third-order valence-corrected chi connectivity index (χ3v) is 2.94. The smallest absolute Gasteiger partial charge is 0.0765 e. The Kier molecular flexibility index (Phi) is 1.77. The Bertz CT molecular complexity index is 692. The lowest BCUT2D eigenvalue weighted by Crippen LogP contribution is -1.91. The highest BCUT2D eigenvalue weighted by Gasteiger charge is 2.09. The van der Waals surface area contributed by atoms with Gasteiger partial charge in [-0.25, -0.2) is 0 Å². The lowest BCUT2D eigenvalue weighted by Gasteiger charge is -2.01. The molecule has 1 aromatic heterocycles. The second-order valence-corrected chi connectivity index (χ2v) is 3.81. The van der Waals surface area contributed by atoms with E-state index in [9.17, 15) is 0 Å². The van der Waals surface area contributed by atoms with E-state index in [1.54, 1.807) is 6.20 Å². The van der Waals surface area contributed by atoms with Crippen LogP contribution in [0.5, 0.6) is 0 Å². The minimum atomic E-state index is 0.786. The SMILES string of the molecule is C=Cn1c2ccccc2c2cccc(N)c21. The molecule has 0 aliphatic heterocycles. The molecule has 0 atom stereocenters. The molecular weight excluding hydrogens is 196 g/mol. The standard InChI is InChI=1S/C14H12N2/c1-2-16-13-9-4-3-6-10(13)11-7-5-8-12(15)14(11)16/h2-9H,1,15H2. The Labute approximate surface area is 93.6 Å². The summed E-state index contributed by atoms with van der Waals surface area (Å²) in [7, 11) is 0. The maximum Gasteiger partial charge on any atom is 0.0765 e. The molecule has 0 spiro atoms. The zero-order valence-electron chi connectivity index (χ0n) is 8.85. The second kappa shape index (κ2) is 3.14. The molecule has 3 rings (SSSR count). The van der Waals surface area contributed by atoms with E-state index in [1.165, 1.54) is 10.8 Å². The maximum absolute atomic E-state index is 6.03. The van der Waals surface area contributed by atoms with Crippen LogP contribution in [0.15, 0.2) is 49.0 Å². The number of para-hydroxylation sites is 2. The van der Waals surface area contributed by atoms with E-state index < -0.39 is 0 Å². The van der Waals surface area contributed by atoms with Gasteiger partial charge in [0.2, 0.25) is 0 Å². The van der Waals surface area contributed by atoms with Gasteiger partial charge in [0.25, 0.3) is 0 Å². The Hall–Kier alpha value is -2.22. The van der Waals surface area contributed by atoms with Crippen LogP contribution in [0.3, 0.4) is 0 Å². The summed E-state index contributed by atoms with van der Waals surface area (Å²) in [6, 6.07) is 14.2. The third kappa shape index (κ3) is 1.01. The molecule has 2 nitrogen and oxygen atoms in total. The van der Waals surface area contributed by atoms with Crippen LogP contribution < -0.4 is 5.73 Å². The van der Waals surface area contributed by atoms with Crippen molar-refractivity contribution in [3.05, 3.63) is 49.0 Å². The largest absolute Gasteiger partial charge is 0.397 e. The zero-order chi connectivity index (χ0) is 11.1. The molecule has 0 saturated heterocycles. The fourth-order valence-corrected chi connectivity index (χ4v) is 2.27. The number of aromatic nitrogens is 1. The molecule has 0 radical (unpaired) electrons. The van der Waals surface area contributed by atoms with E-state index in [0.717, 1.165) is 16.7 Å². The van der Waals surface area contributed by atoms with E-state index >= 15 is 0 Å². The average molecular weight is 208 g/mol.